The van der Waals surface area contributed by atoms with Gasteiger partial charge in [-0.2, -0.15) is 0 Å². The average molecular weight is 389 g/mol. The second-order valence-electron chi connectivity index (χ2n) is 6.51. The highest BCUT2D eigenvalue weighted by Gasteiger charge is 2.20. The Kier molecular flexibility index (Phi) is 7.63. The molecule has 7 heteroatoms. The fourth-order valence-corrected chi connectivity index (χ4v) is 3.13. The molecule has 0 radical (unpaired) electrons. The van der Waals surface area contributed by atoms with Crippen LogP contribution in [0, 0.1) is 13.8 Å². The maximum Gasteiger partial charge on any atom is 0.344 e. The van der Waals surface area contributed by atoms with Gasteiger partial charge in [0.15, 0.2) is 13.2 Å². The molecule has 0 aliphatic rings. The quantitative estimate of drug-likeness (QED) is 0.459. The monoisotopic (exact) mass is 389 g/mol. The van der Waals surface area contributed by atoms with E-state index in [1.54, 1.807) is 38.5 Å². The van der Waals surface area contributed by atoms with Crippen molar-refractivity contribution >= 4 is 11.8 Å². The summed E-state index contributed by atoms with van der Waals surface area (Å²) in [6, 6.07) is 8.74. The number of carbonyl (C=O) groups excluding carboxylic acids is 2. The molecular weight excluding hydrogens is 362 g/mol. The predicted molar refractivity (Wildman–Crippen MR) is 104 cm³/mol. The van der Waals surface area contributed by atoms with Crippen LogP contribution in [0.4, 0.5) is 0 Å². The molecule has 1 aromatic carbocycles. The molecule has 7 nitrogen and oxygen atoms in total. The minimum atomic E-state index is -0.606. The summed E-state index contributed by atoms with van der Waals surface area (Å²) >= 11 is 0. The molecule has 0 saturated carbocycles. The number of methoxy groups -OCH3 is 2. The summed E-state index contributed by atoms with van der Waals surface area (Å²) in [4.78, 5) is 24.4. The van der Waals surface area contributed by atoms with E-state index in [0.29, 0.717) is 23.7 Å². The third-order valence-electron chi connectivity index (χ3n) is 4.41. The van der Waals surface area contributed by atoms with Crippen LogP contribution in [-0.4, -0.2) is 50.4 Å². The van der Waals surface area contributed by atoms with Crippen LogP contribution >= 0.6 is 0 Å². The molecule has 0 aliphatic heterocycles. The largest absolute Gasteiger partial charge is 0.497 e. The highest BCUT2D eigenvalue weighted by molar-refractivity contribution is 5.99. The lowest BCUT2D eigenvalue weighted by molar-refractivity contribution is -0.144. The number of Topliss-reactive ketones (excluding diaryl/α,β-unsaturated/α-hetero) is 1. The number of aryl methyl sites for hydroxylation is 1. The lowest BCUT2D eigenvalue weighted by atomic mass is 10.1. The Balaban J connectivity index is 1.89. The van der Waals surface area contributed by atoms with Gasteiger partial charge in [-0.25, -0.2) is 4.79 Å². The third-order valence-corrected chi connectivity index (χ3v) is 4.41. The standard InChI is InChI=1S/C21H27NO6/c1-14-10-19(16(3)22(14)15(2)11-25-4)20(23)12-28-21(24)13-27-18-8-6-17(26-5)7-9-18/h6-10,15H,11-13H2,1-5H3/t15-/m1/s1. The van der Waals surface area contributed by atoms with Gasteiger partial charge in [-0.1, -0.05) is 0 Å². The first-order valence-corrected chi connectivity index (χ1v) is 9.00. The van der Waals surface area contributed by atoms with E-state index < -0.39 is 5.97 Å². The fraction of sp³-hybridized carbons (Fsp3) is 0.429. The Morgan fingerprint density at radius 3 is 2.29 bits per heavy atom. The van der Waals surface area contributed by atoms with Gasteiger partial charge >= 0.3 is 5.97 Å². The second kappa shape index (κ2) is 9.94. The van der Waals surface area contributed by atoms with Crippen LogP contribution in [0.5, 0.6) is 11.5 Å². The fourth-order valence-electron chi connectivity index (χ4n) is 3.13. The van der Waals surface area contributed by atoms with Crippen LogP contribution in [0.15, 0.2) is 30.3 Å². The number of hydrogen-bond donors (Lipinski definition) is 0. The minimum Gasteiger partial charge on any atom is -0.497 e. The summed E-state index contributed by atoms with van der Waals surface area (Å²) in [5, 5.41) is 0. The SMILES string of the molecule is COC[C@@H](C)n1c(C)cc(C(=O)COC(=O)COc2ccc(OC)cc2)c1C. The van der Waals surface area contributed by atoms with Crippen molar-refractivity contribution in [3.63, 3.8) is 0 Å². The molecule has 0 saturated heterocycles. The number of esters is 1. The van der Waals surface area contributed by atoms with Gasteiger partial charge < -0.3 is 23.5 Å². The first kappa shape index (κ1) is 21.5. The van der Waals surface area contributed by atoms with Crippen LogP contribution in [0.1, 0.15) is 34.7 Å². The first-order valence-electron chi connectivity index (χ1n) is 9.00. The van der Waals surface area contributed by atoms with Crippen molar-refractivity contribution in [1.29, 1.82) is 0 Å². The van der Waals surface area contributed by atoms with E-state index in [0.717, 1.165) is 11.4 Å². The summed E-state index contributed by atoms with van der Waals surface area (Å²) in [7, 11) is 3.21. The van der Waals surface area contributed by atoms with Crippen LogP contribution in [-0.2, 0) is 14.3 Å². The third kappa shape index (κ3) is 5.36. The molecule has 0 aliphatic carbocycles. The van der Waals surface area contributed by atoms with E-state index in [4.69, 9.17) is 18.9 Å². The Morgan fingerprint density at radius 1 is 1.04 bits per heavy atom. The molecule has 1 atom stereocenters. The van der Waals surface area contributed by atoms with Crippen LogP contribution in [0.3, 0.4) is 0 Å². The number of rotatable bonds is 10. The van der Waals surface area contributed by atoms with Gasteiger partial charge in [-0.15, -0.1) is 0 Å². The molecule has 1 heterocycles. The summed E-state index contributed by atoms with van der Waals surface area (Å²) < 4.78 is 22.7. The molecule has 0 spiro atoms. The molecule has 1 aromatic heterocycles. The van der Waals surface area contributed by atoms with Crippen molar-refractivity contribution in [3.05, 3.63) is 47.3 Å². The molecule has 28 heavy (non-hydrogen) atoms. The summed E-state index contributed by atoms with van der Waals surface area (Å²) in [5.74, 6) is 0.352. The normalized spacial score (nSPS) is 11.8. The van der Waals surface area contributed by atoms with E-state index >= 15 is 0 Å². The molecule has 0 N–H and O–H groups in total. The van der Waals surface area contributed by atoms with E-state index in [-0.39, 0.29) is 25.0 Å². The molecular formula is C21H27NO6. The Hall–Kier alpha value is -2.80. The molecule has 0 unspecified atom stereocenters. The molecule has 2 rings (SSSR count). The van der Waals surface area contributed by atoms with Crippen LogP contribution in [0.2, 0.25) is 0 Å². The van der Waals surface area contributed by atoms with Gasteiger partial charge in [0.2, 0.25) is 5.78 Å². The lowest BCUT2D eigenvalue weighted by Gasteiger charge is -2.17. The van der Waals surface area contributed by atoms with Crippen molar-refractivity contribution in [2.45, 2.75) is 26.8 Å². The van der Waals surface area contributed by atoms with Gasteiger partial charge in [0.05, 0.1) is 19.8 Å². The van der Waals surface area contributed by atoms with E-state index in [1.165, 1.54) is 0 Å². The topological polar surface area (TPSA) is 76.0 Å². The highest BCUT2D eigenvalue weighted by atomic mass is 16.6. The lowest BCUT2D eigenvalue weighted by Crippen LogP contribution is -2.20. The molecule has 0 fully saturated rings. The number of nitrogens with zero attached hydrogens (tertiary/aromatic N) is 1. The van der Waals surface area contributed by atoms with Gasteiger partial charge in [0, 0.05) is 24.1 Å². The number of ketones is 1. The van der Waals surface area contributed by atoms with E-state index in [1.807, 2.05) is 31.4 Å². The zero-order valence-electron chi connectivity index (χ0n) is 17.0. The first-order chi connectivity index (χ1) is 13.4. The smallest absolute Gasteiger partial charge is 0.344 e. The molecule has 2 aromatic rings. The summed E-state index contributed by atoms with van der Waals surface area (Å²) in [6.07, 6.45) is 0. The van der Waals surface area contributed by atoms with Crippen molar-refractivity contribution in [2.24, 2.45) is 0 Å². The zero-order valence-corrected chi connectivity index (χ0v) is 17.0. The predicted octanol–water partition coefficient (Wildman–Crippen LogP) is 3.13. The maximum absolute atomic E-state index is 12.5. The number of hydrogen-bond acceptors (Lipinski definition) is 6. The van der Waals surface area contributed by atoms with Crippen molar-refractivity contribution in [3.8, 4) is 11.5 Å². The minimum absolute atomic E-state index is 0.104. The van der Waals surface area contributed by atoms with Crippen LogP contribution < -0.4 is 9.47 Å². The van der Waals surface area contributed by atoms with Crippen molar-refractivity contribution in [1.82, 2.24) is 4.57 Å². The molecule has 0 amide bonds. The number of benzene rings is 1. The molecule has 0 bridgehead atoms. The summed E-state index contributed by atoms with van der Waals surface area (Å²) in [6.45, 7) is 5.78. The van der Waals surface area contributed by atoms with E-state index in [2.05, 4.69) is 0 Å². The highest BCUT2D eigenvalue weighted by Crippen LogP contribution is 2.21. The number of aromatic nitrogens is 1. The van der Waals surface area contributed by atoms with Gasteiger partial charge in [0.1, 0.15) is 11.5 Å². The number of carbonyl (C=O) groups is 2. The van der Waals surface area contributed by atoms with Gasteiger partial charge in [-0.05, 0) is 51.1 Å². The summed E-state index contributed by atoms with van der Waals surface area (Å²) in [5.41, 5.74) is 2.33. The number of ether oxygens (including phenoxy) is 4. The zero-order chi connectivity index (χ0) is 20.7. The Morgan fingerprint density at radius 2 is 1.68 bits per heavy atom. The van der Waals surface area contributed by atoms with Crippen molar-refractivity contribution in [2.75, 3.05) is 34.0 Å². The Labute approximate surface area is 165 Å². The van der Waals surface area contributed by atoms with Crippen LogP contribution in [0.25, 0.3) is 0 Å². The second-order valence-corrected chi connectivity index (χ2v) is 6.51. The van der Waals surface area contributed by atoms with E-state index in [9.17, 15) is 9.59 Å². The Bertz CT molecular complexity index is 809. The van der Waals surface area contributed by atoms with Gasteiger partial charge in [0.25, 0.3) is 0 Å². The average Bonchev–Trinajstić information content (AvgIpc) is 2.99. The van der Waals surface area contributed by atoms with Crippen molar-refractivity contribution < 1.29 is 28.5 Å². The molecule has 152 valence electrons. The maximum atomic E-state index is 12.5. The van der Waals surface area contributed by atoms with Gasteiger partial charge in [-0.3, -0.25) is 4.79 Å².